The Bertz CT molecular complexity index is 442. The van der Waals surface area contributed by atoms with Gasteiger partial charge in [-0.2, -0.15) is 0 Å². The summed E-state index contributed by atoms with van der Waals surface area (Å²) < 4.78 is 20.1. The summed E-state index contributed by atoms with van der Waals surface area (Å²) in [6.07, 6.45) is -4.27. The largest absolute Gasteiger partial charge is 0.456 e. The van der Waals surface area contributed by atoms with E-state index in [1.807, 2.05) is 0 Å². The molecule has 1 rings (SSSR count). The molecule has 0 aromatic heterocycles. The van der Waals surface area contributed by atoms with Crippen LogP contribution in [-0.4, -0.2) is 49.1 Å². The molecule has 0 aromatic rings. The second-order valence-corrected chi connectivity index (χ2v) is 4.15. The SMILES string of the molecule is [C-]#[N+][C@@H]1OC[C@H](OC(C)=O)[C@H](OC(C)=O)[C@H]1OC(C)=O. The van der Waals surface area contributed by atoms with Gasteiger partial charge in [0, 0.05) is 20.8 Å². The Balaban J connectivity index is 2.99. The second-order valence-electron chi connectivity index (χ2n) is 4.15. The van der Waals surface area contributed by atoms with Crippen LogP contribution < -0.4 is 0 Å². The van der Waals surface area contributed by atoms with E-state index in [9.17, 15) is 14.4 Å². The van der Waals surface area contributed by atoms with Gasteiger partial charge in [0.25, 0.3) is 0 Å². The van der Waals surface area contributed by atoms with Gasteiger partial charge in [0.1, 0.15) is 0 Å². The minimum absolute atomic E-state index is 0.123. The Morgan fingerprint density at radius 2 is 1.50 bits per heavy atom. The highest BCUT2D eigenvalue weighted by Crippen LogP contribution is 2.25. The third-order valence-corrected chi connectivity index (χ3v) is 2.45. The predicted octanol–water partition coefficient (Wildman–Crippen LogP) is 0.0571. The molecule has 1 aliphatic heterocycles. The van der Waals surface area contributed by atoms with E-state index in [0.29, 0.717) is 0 Å². The zero-order valence-corrected chi connectivity index (χ0v) is 11.3. The van der Waals surface area contributed by atoms with Crippen molar-refractivity contribution >= 4 is 17.9 Å². The molecule has 110 valence electrons. The van der Waals surface area contributed by atoms with Gasteiger partial charge in [0.05, 0.1) is 6.61 Å². The smallest absolute Gasteiger partial charge is 0.368 e. The standard InChI is InChI=1S/C12H15NO7/c1-6(14)18-9-5-17-12(13-4)11(20-8(3)16)10(9)19-7(2)15/h9-12H,5H2,1-3H3/t9-,10-,11+,12+/m0/s1. The van der Waals surface area contributed by atoms with Gasteiger partial charge in [-0.1, -0.05) is 0 Å². The third kappa shape index (κ3) is 4.20. The number of ether oxygens (including phenoxy) is 4. The van der Waals surface area contributed by atoms with E-state index in [4.69, 9.17) is 25.5 Å². The van der Waals surface area contributed by atoms with Gasteiger partial charge in [-0.15, -0.1) is 0 Å². The average molecular weight is 285 g/mol. The van der Waals surface area contributed by atoms with E-state index in [2.05, 4.69) is 4.85 Å². The summed E-state index contributed by atoms with van der Waals surface area (Å²) in [5.41, 5.74) is 0. The molecule has 0 unspecified atom stereocenters. The summed E-state index contributed by atoms with van der Waals surface area (Å²) in [6, 6.07) is 0. The fraction of sp³-hybridized carbons (Fsp3) is 0.667. The number of nitrogens with zero attached hydrogens (tertiary/aromatic N) is 1. The maximum atomic E-state index is 11.1. The normalized spacial score (nSPS) is 28.9. The van der Waals surface area contributed by atoms with Gasteiger partial charge >= 0.3 is 24.1 Å². The molecular weight excluding hydrogens is 270 g/mol. The molecule has 4 atom stereocenters. The quantitative estimate of drug-likeness (QED) is 0.411. The van der Waals surface area contributed by atoms with Gasteiger partial charge < -0.3 is 18.9 Å². The number of carbonyl (C=O) groups excluding carboxylic acids is 3. The summed E-state index contributed by atoms with van der Waals surface area (Å²) in [5.74, 6) is -1.90. The van der Waals surface area contributed by atoms with Crippen LogP contribution in [0.25, 0.3) is 4.85 Å². The number of carbonyl (C=O) groups is 3. The van der Waals surface area contributed by atoms with Gasteiger partial charge in [-0.25, -0.2) is 6.57 Å². The molecule has 1 aliphatic rings. The molecule has 0 saturated carbocycles. The van der Waals surface area contributed by atoms with Crippen molar-refractivity contribution < 1.29 is 33.3 Å². The molecule has 8 heteroatoms. The molecule has 0 aliphatic carbocycles. The lowest BCUT2D eigenvalue weighted by atomic mass is 10.0. The second kappa shape index (κ2) is 6.86. The number of hydrogen-bond acceptors (Lipinski definition) is 7. The molecule has 1 saturated heterocycles. The molecule has 0 amide bonds. The summed E-state index contributed by atoms with van der Waals surface area (Å²) in [6.45, 7) is 10.4. The van der Waals surface area contributed by atoms with Crippen LogP contribution in [0.2, 0.25) is 0 Å². The first-order valence-corrected chi connectivity index (χ1v) is 5.85. The maximum absolute atomic E-state index is 11.1. The fourth-order valence-corrected chi connectivity index (χ4v) is 1.83. The maximum Gasteiger partial charge on any atom is 0.368 e. The molecule has 0 spiro atoms. The Kier molecular flexibility index (Phi) is 5.46. The van der Waals surface area contributed by atoms with Crippen molar-refractivity contribution in [2.24, 2.45) is 0 Å². The van der Waals surface area contributed by atoms with Crippen molar-refractivity contribution in [2.75, 3.05) is 6.61 Å². The first-order valence-electron chi connectivity index (χ1n) is 5.85. The van der Waals surface area contributed by atoms with Crippen LogP contribution in [-0.2, 0) is 33.3 Å². The molecule has 0 aromatic carbocycles. The van der Waals surface area contributed by atoms with Crippen LogP contribution in [0.3, 0.4) is 0 Å². The summed E-state index contributed by atoms with van der Waals surface area (Å²) in [5, 5.41) is 0. The molecule has 0 radical (unpaired) electrons. The highest BCUT2D eigenvalue weighted by atomic mass is 16.6. The van der Waals surface area contributed by atoms with Crippen molar-refractivity contribution in [1.82, 2.24) is 0 Å². The lowest BCUT2D eigenvalue weighted by Gasteiger charge is -2.35. The van der Waals surface area contributed by atoms with Crippen molar-refractivity contribution in [3.8, 4) is 0 Å². The highest BCUT2D eigenvalue weighted by molar-refractivity contribution is 5.68. The van der Waals surface area contributed by atoms with Crippen molar-refractivity contribution in [3.63, 3.8) is 0 Å². The number of rotatable bonds is 3. The third-order valence-electron chi connectivity index (χ3n) is 2.45. The van der Waals surface area contributed by atoms with Crippen LogP contribution in [0.15, 0.2) is 0 Å². The lowest BCUT2D eigenvalue weighted by Crippen LogP contribution is -2.56. The van der Waals surface area contributed by atoms with Crippen molar-refractivity contribution in [3.05, 3.63) is 11.4 Å². The highest BCUT2D eigenvalue weighted by Gasteiger charge is 2.50. The summed E-state index contributed by atoms with van der Waals surface area (Å²) in [4.78, 5) is 36.5. The molecule has 0 N–H and O–H groups in total. The summed E-state index contributed by atoms with van der Waals surface area (Å²) >= 11 is 0. The Hall–Kier alpha value is -2.14. The van der Waals surface area contributed by atoms with Crippen LogP contribution in [0.1, 0.15) is 20.8 Å². The van der Waals surface area contributed by atoms with Crippen molar-refractivity contribution in [2.45, 2.75) is 45.3 Å². The fourth-order valence-electron chi connectivity index (χ4n) is 1.83. The van der Waals surface area contributed by atoms with Crippen LogP contribution in [0, 0.1) is 6.57 Å². The minimum Gasteiger partial charge on any atom is -0.456 e. The first kappa shape index (κ1) is 15.9. The Morgan fingerprint density at radius 1 is 1.00 bits per heavy atom. The number of hydrogen-bond donors (Lipinski definition) is 0. The van der Waals surface area contributed by atoms with E-state index in [1.165, 1.54) is 6.92 Å². The van der Waals surface area contributed by atoms with Gasteiger partial charge in [-0.05, 0) is 0 Å². The number of esters is 3. The topological polar surface area (TPSA) is 92.5 Å². The zero-order chi connectivity index (χ0) is 15.3. The van der Waals surface area contributed by atoms with Gasteiger partial charge in [0.2, 0.25) is 6.10 Å². The molecule has 1 fully saturated rings. The minimum atomic E-state index is -1.15. The van der Waals surface area contributed by atoms with Gasteiger partial charge in [0.15, 0.2) is 12.2 Å². The lowest BCUT2D eigenvalue weighted by molar-refractivity contribution is -0.219. The van der Waals surface area contributed by atoms with Gasteiger partial charge in [-0.3, -0.25) is 19.2 Å². The van der Waals surface area contributed by atoms with E-state index in [1.54, 1.807) is 0 Å². The Labute approximate surface area is 115 Å². The van der Waals surface area contributed by atoms with Crippen LogP contribution in [0.4, 0.5) is 0 Å². The predicted molar refractivity (Wildman–Crippen MR) is 63.0 cm³/mol. The van der Waals surface area contributed by atoms with Crippen molar-refractivity contribution in [1.29, 1.82) is 0 Å². The molecule has 0 bridgehead atoms. The first-order chi connectivity index (χ1) is 9.35. The van der Waals surface area contributed by atoms with E-state index in [0.717, 1.165) is 13.8 Å². The molecule has 8 nitrogen and oxygen atoms in total. The average Bonchev–Trinajstić information content (AvgIpc) is 2.31. The monoisotopic (exact) mass is 285 g/mol. The zero-order valence-electron chi connectivity index (χ0n) is 11.3. The van der Waals surface area contributed by atoms with Crippen LogP contribution in [0.5, 0.6) is 0 Å². The Morgan fingerprint density at radius 3 is 1.95 bits per heavy atom. The molecule has 20 heavy (non-hydrogen) atoms. The van der Waals surface area contributed by atoms with Crippen LogP contribution >= 0.6 is 0 Å². The molecule has 1 heterocycles. The molecular formula is C12H15NO7. The van der Waals surface area contributed by atoms with E-state index < -0.39 is 42.4 Å². The van der Waals surface area contributed by atoms with E-state index in [-0.39, 0.29) is 6.61 Å². The van der Waals surface area contributed by atoms with E-state index >= 15 is 0 Å². The summed E-state index contributed by atoms with van der Waals surface area (Å²) in [7, 11) is 0.